The van der Waals surface area contributed by atoms with Crippen molar-refractivity contribution in [3.8, 4) is 0 Å². The van der Waals surface area contributed by atoms with Crippen LogP contribution in [0.5, 0.6) is 0 Å². The van der Waals surface area contributed by atoms with Crippen molar-refractivity contribution in [2.75, 3.05) is 0 Å². The third-order valence-corrected chi connectivity index (χ3v) is 2.54. The Balaban J connectivity index is 2.25. The third-order valence-electron chi connectivity index (χ3n) is 2.54. The van der Waals surface area contributed by atoms with Gasteiger partial charge in [-0.2, -0.15) is 0 Å². The van der Waals surface area contributed by atoms with Crippen molar-refractivity contribution in [3.05, 3.63) is 59.8 Å². The Bertz CT molecular complexity index is 461. The fraction of sp³-hybridized carbons (Fsp3) is 0.231. The highest BCUT2D eigenvalue weighted by Gasteiger charge is 2.27. The maximum Gasteiger partial charge on any atom is 0.135 e. The van der Waals surface area contributed by atoms with Crippen LogP contribution in [0.25, 0.3) is 0 Å². The molecule has 0 aliphatic rings. The average Bonchev–Trinajstić information content (AvgIpc) is 2.75. The summed E-state index contributed by atoms with van der Waals surface area (Å²) in [7, 11) is 0. The number of hydrogen-bond acceptors (Lipinski definition) is 2. The van der Waals surface area contributed by atoms with E-state index in [1.807, 2.05) is 0 Å². The molecule has 2 rings (SSSR count). The van der Waals surface area contributed by atoms with E-state index < -0.39 is 5.60 Å². The Kier molecular flexibility index (Phi) is 2.79. The third kappa shape index (κ3) is 2.14. The molecular weight excluding hydrogens is 207 g/mol. The Morgan fingerprint density at radius 3 is 2.62 bits per heavy atom. The van der Waals surface area contributed by atoms with Gasteiger partial charge in [-0.1, -0.05) is 18.2 Å². The van der Waals surface area contributed by atoms with Crippen molar-refractivity contribution in [1.29, 1.82) is 0 Å². The highest BCUT2D eigenvalue weighted by atomic mass is 19.1. The molecule has 0 saturated heterocycles. The molecule has 0 spiro atoms. The second-order valence-corrected chi connectivity index (χ2v) is 4.02. The van der Waals surface area contributed by atoms with E-state index in [9.17, 15) is 9.50 Å². The predicted molar refractivity (Wildman–Crippen MR) is 58.4 cm³/mol. The van der Waals surface area contributed by atoms with Crippen LogP contribution in [0.3, 0.4) is 0 Å². The van der Waals surface area contributed by atoms with E-state index in [4.69, 9.17) is 4.42 Å². The van der Waals surface area contributed by atoms with Gasteiger partial charge in [0.25, 0.3) is 0 Å². The minimum Gasteiger partial charge on any atom is -0.466 e. The van der Waals surface area contributed by atoms with E-state index in [1.165, 1.54) is 12.3 Å². The molecule has 1 N–H and O–H groups in total. The second kappa shape index (κ2) is 4.10. The Morgan fingerprint density at radius 1 is 1.25 bits per heavy atom. The fourth-order valence-corrected chi connectivity index (χ4v) is 1.68. The molecule has 2 nitrogen and oxygen atoms in total. The van der Waals surface area contributed by atoms with Gasteiger partial charge in [0.1, 0.15) is 17.2 Å². The monoisotopic (exact) mass is 220 g/mol. The Morgan fingerprint density at radius 2 is 2.00 bits per heavy atom. The quantitative estimate of drug-likeness (QED) is 0.862. The van der Waals surface area contributed by atoms with Gasteiger partial charge in [-0.3, -0.25) is 0 Å². The van der Waals surface area contributed by atoms with Crippen LogP contribution in [-0.4, -0.2) is 5.11 Å². The summed E-state index contributed by atoms with van der Waals surface area (Å²) in [5.74, 6) is 0.130. The summed E-state index contributed by atoms with van der Waals surface area (Å²) < 4.78 is 18.6. The number of hydrogen-bond donors (Lipinski definition) is 1. The molecule has 0 bridgehead atoms. The standard InChI is InChI=1S/C13H13FO2/c1-13(15,12-7-4-8-16-12)9-10-5-2-3-6-11(10)14/h2-8,15H,9H2,1H3. The predicted octanol–water partition coefficient (Wildman–Crippen LogP) is 2.87. The zero-order chi connectivity index (χ0) is 11.6. The smallest absolute Gasteiger partial charge is 0.135 e. The fourth-order valence-electron chi connectivity index (χ4n) is 1.68. The maximum absolute atomic E-state index is 13.4. The minimum atomic E-state index is -1.19. The molecule has 0 aliphatic carbocycles. The van der Waals surface area contributed by atoms with Crippen molar-refractivity contribution < 1.29 is 13.9 Å². The number of benzene rings is 1. The van der Waals surface area contributed by atoms with E-state index >= 15 is 0 Å². The zero-order valence-electron chi connectivity index (χ0n) is 8.98. The first kappa shape index (κ1) is 10.9. The maximum atomic E-state index is 13.4. The highest BCUT2D eigenvalue weighted by molar-refractivity contribution is 5.21. The van der Waals surface area contributed by atoms with Gasteiger partial charge in [0, 0.05) is 6.42 Å². The van der Waals surface area contributed by atoms with Crippen LogP contribution in [0.1, 0.15) is 18.2 Å². The van der Waals surface area contributed by atoms with E-state index in [2.05, 4.69) is 0 Å². The summed E-state index contributed by atoms with van der Waals surface area (Å²) >= 11 is 0. The molecule has 0 amide bonds. The topological polar surface area (TPSA) is 33.4 Å². The average molecular weight is 220 g/mol. The number of halogens is 1. The lowest BCUT2D eigenvalue weighted by Crippen LogP contribution is -2.24. The van der Waals surface area contributed by atoms with Crippen LogP contribution in [0, 0.1) is 5.82 Å². The van der Waals surface area contributed by atoms with Gasteiger partial charge >= 0.3 is 0 Å². The molecular formula is C13H13FO2. The molecule has 0 aliphatic heterocycles. The van der Waals surface area contributed by atoms with E-state index in [0.717, 1.165) is 0 Å². The lowest BCUT2D eigenvalue weighted by Gasteiger charge is -2.20. The lowest BCUT2D eigenvalue weighted by atomic mass is 9.94. The molecule has 0 fully saturated rings. The summed E-state index contributed by atoms with van der Waals surface area (Å²) in [4.78, 5) is 0. The summed E-state index contributed by atoms with van der Waals surface area (Å²) in [5, 5.41) is 10.2. The van der Waals surface area contributed by atoms with Gasteiger partial charge < -0.3 is 9.52 Å². The highest BCUT2D eigenvalue weighted by Crippen LogP contribution is 2.26. The minimum absolute atomic E-state index is 0.188. The molecule has 1 aromatic heterocycles. The molecule has 0 radical (unpaired) electrons. The number of furan rings is 1. The molecule has 1 aromatic carbocycles. The molecule has 3 heteroatoms. The van der Waals surface area contributed by atoms with Crippen molar-refractivity contribution in [2.45, 2.75) is 18.9 Å². The number of aliphatic hydroxyl groups is 1. The summed E-state index contributed by atoms with van der Waals surface area (Å²) in [6.07, 6.45) is 1.68. The molecule has 2 aromatic rings. The van der Waals surface area contributed by atoms with Crippen LogP contribution >= 0.6 is 0 Å². The van der Waals surface area contributed by atoms with Gasteiger partial charge in [-0.25, -0.2) is 4.39 Å². The normalized spacial score (nSPS) is 14.7. The van der Waals surface area contributed by atoms with Gasteiger partial charge in [0.05, 0.1) is 6.26 Å². The molecule has 1 atom stereocenters. The van der Waals surface area contributed by atoms with Gasteiger partial charge in [-0.05, 0) is 30.7 Å². The van der Waals surface area contributed by atoms with E-state index in [0.29, 0.717) is 11.3 Å². The Hall–Kier alpha value is -1.61. The number of rotatable bonds is 3. The first-order chi connectivity index (χ1) is 7.59. The van der Waals surface area contributed by atoms with Gasteiger partial charge in [0.2, 0.25) is 0 Å². The largest absolute Gasteiger partial charge is 0.466 e. The van der Waals surface area contributed by atoms with Crippen LogP contribution in [-0.2, 0) is 12.0 Å². The first-order valence-electron chi connectivity index (χ1n) is 5.09. The molecule has 1 unspecified atom stereocenters. The summed E-state index contributed by atoms with van der Waals surface area (Å²) in [6, 6.07) is 9.80. The Labute approximate surface area is 93.3 Å². The molecule has 16 heavy (non-hydrogen) atoms. The molecule has 84 valence electrons. The van der Waals surface area contributed by atoms with Crippen molar-refractivity contribution in [2.24, 2.45) is 0 Å². The molecule has 0 saturated carbocycles. The summed E-state index contributed by atoms with van der Waals surface area (Å²) in [6.45, 7) is 1.61. The van der Waals surface area contributed by atoms with Gasteiger partial charge in [0.15, 0.2) is 0 Å². The second-order valence-electron chi connectivity index (χ2n) is 4.02. The van der Waals surface area contributed by atoms with Crippen molar-refractivity contribution >= 4 is 0 Å². The van der Waals surface area contributed by atoms with Crippen LogP contribution < -0.4 is 0 Å². The summed E-state index contributed by atoms with van der Waals surface area (Å²) in [5.41, 5.74) is -0.713. The van der Waals surface area contributed by atoms with Crippen LogP contribution in [0.15, 0.2) is 47.1 Å². The first-order valence-corrected chi connectivity index (χ1v) is 5.09. The molecule has 1 heterocycles. The van der Waals surface area contributed by atoms with E-state index in [1.54, 1.807) is 37.3 Å². The zero-order valence-corrected chi connectivity index (χ0v) is 8.98. The van der Waals surface area contributed by atoms with Gasteiger partial charge in [-0.15, -0.1) is 0 Å². The van der Waals surface area contributed by atoms with Crippen LogP contribution in [0.4, 0.5) is 4.39 Å². The SMILES string of the molecule is CC(O)(Cc1ccccc1F)c1ccco1. The van der Waals surface area contributed by atoms with Crippen LogP contribution in [0.2, 0.25) is 0 Å². The van der Waals surface area contributed by atoms with Crippen molar-refractivity contribution in [3.63, 3.8) is 0 Å². The lowest BCUT2D eigenvalue weighted by molar-refractivity contribution is 0.0336. The van der Waals surface area contributed by atoms with E-state index in [-0.39, 0.29) is 12.2 Å². The van der Waals surface area contributed by atoms with Crippen molar-refractivity contribution in [1.82, 2.24) is 0 Å².